The summed E-state index contributed by atoms with van der Waals surface area (Å²) in [6, 6.07) is 3.49. The molecule has 2 rings (SSSR count). The molecule has 2 heterocycles. The third-order valence-electron chi connectivity index (χ3n) is 2.65. The van der Waals surface area contributed by atoms with Crippen molar-refractivity contribution in [1.82, 2.24) is 4.90 Å². The number of carbonyl (C=O) groups is 1. The molecule has 0 N–H and O–H groups in total. The summed E-state index contributed by atoms with van der Waals surface area (Å²) in [6.07, 6.45) is 0.0820. The number of carbonyl (C=O) groups excluding carboxylic acids is 1. The first-order chi connectivity index (χ1) is 7.58. The van der Waals surface area contributed by atoms with Crippen molar-refractivity contribution in [3.63, 3.8) is 0 Å². The van der Waals surface area contributed by atoms with Crippen molar-refractivity contribution in [2.24, 2.45) is 0 Å². The molecule has 1 fully saturated rings. The molecule has 0 spiro atoms. The molecular formula is C11H14BrNO3. The number of furan rings is 1. The van der Waals surface area contributed by atoms with Crippen molar-refractivity contribution in [3.8, 4) is 0 Å². The van der Waals surface area contributed by atoms with Crippen LogP contribution in [0.25, 0.3) is 0 Å². The molecule has 0 radical (unpaired) electrons. The standard InChI is InChI=1S/C11H14BrNO3/c1-7-6-15-8(2)5-13(7)11(14)9-3-4-10(12)16-9/h3-4,7-8H,5-6H2,1-2H3. The van der Waals surface area contributed by atoms with Gasteiger partial charge in [-0.15, -0.1) is 0 Å². The molecule has 4 nitrogen and oxygen atoms in total. The molecule has 16 heavy (non-hydrogen) atoms. The number of amides is 1. The van der Waals surface area contributed by atoms with Gasteiger partial charge in [-0.3, -0.25) is 4.79 Å². The van der Waals surface area contributed by atoms with Crippen molar-refractivity contribution < 1.29 is 13.9 Å². The minimum atomic E-state index is -0.0756. The second-order valence-electron chi connectivity index (χ2n) is 4.05. The summed E-state index contributed by atoms with van der Waals surface area (Å²) in [6.45, 7) is 5.12. The molecule has 5 heteroatoms. The highest BCUT2D eigenvalue weighted by molar-refractivity contribution is 9.10. The van der Waals surface area contributed by atoms with Gasteiger partial charge in [-0.1, -0.05) is 0 Å². The molecule has 0 aliphatic carbocycles. The van der Waals surface area contributed by atoms with E-state index in [0.717, 1.165) is 0 Å². The smallest absolute Gasteiger partial charge is 0.290 e. The van der Waals surface area contributed by atoms with Gasteiger partial charge in [0.15, 0.2) is 10.4 Å². The highest BCUT2D eigenvalue weighted by Gasteiger charge is 2.29. The van der Waals surface area contributed by atoms with E-state index in [9.17, 15) is 4.79 Å². The Morgan fingerprint density at radius 3 is 2.88 bits per heavy atom. The molecule has 1 aromatic rings. The Morgan fingerprint density at radius 1 is 1.50 bits per heavy atom. The Labute approximate surface area is 103 Å². The molecule has 0 saturated carbocycles. The Balaban J connectivity index is 2.14. The van der Waals surface area contributed by atoms with Gasteiger partial charge in [-0.25, -0.2) is 0 Å². The lowest BCUT2D eigenvalue weighted by molar-refractivity contribution is -0.0396. The van der Waals surface area contributed by atoms with E-state index in [4.69, 9.17) is 9.15 Å². The average Bonchev–Trinajstić information content (AvgIpc) is 2.67. The van der Waals surface area contributed by atoms with Crippen molar-refractivity contribution in [3.05, 3.63) is 22.6 Å². The highest BCUT2D eigenvalue weighted by Crippen LogP contribution is 2.19. The molecule has 1 saturated heterocycles. The predicted molar refractivity (Wildman–Crippen MR) is 62.3 cm³/mol. The topological polar surface area (TPSA) is 42.7 Å². The van der Waals surface area contributed by atoms with Crippen LogP contribution in [-0.4, -0.2) is 36.1 Å². The molecule has 88 valence electrons. The number of nitrogens with zero attached hydrogens (tertiary/aromatic N) is 1. The van der Waals surface area contributed by atoms with Crippen LogP contribution >= 0.6 is 15.9 Å². The minimum Gasteiger partial charge on any atom is -0.444 e. The molecule has 1 aliphatic rings. The second kappa shape index (κ2) is 4.59. The maximum atomic E-state index is 12.1. The van der Waals surface area contributed by atoms with E-state index in [1.165, 1.54) is 0 Å². The van der Waals surface area contributed by atoms with Crippen molar-refractivity contribution in [2.45, 2.75) is 26.0 Å². The highest BCUT2D eigenvalue weighted by atomic mass is 79.9. The fourth-order valence-corrected chi connectivity index (χ4v) is 2.06. The zero-order valence-corrected chi connectivity index (χ0v) is 10.9. The van der Waals surface area contributed by atoms with Crippen LogP contribution in [0.15, 0.2) is 21.2 Å². The van der Waals surface area contributed by atoms with Gasteiger partial charge in [0.2, 0.25) is 0 Å². The van der Waals surface area contributed by atoms with E-state index in [-0.39, 0.29) is 18.1 Å². The van der Waals surface area contributed by atoms with Crippen molar-refractivity contribution >= 4 is 21.8 Å². The molecule has 0 bridgehead atoms. The third-order valence-corrected chi connectivity index (χ3v) is 3.08. The molecule has 1 aromatic heterocycles. The first-order valence-electron chi connectivity index (χ1n) is 5.26. The normalized spacial score (nSPS) is 25.8. The monoisotopic (exact) mass is 287 g/mol. The van der Waals surface area contributed by atoms with E-state index < -0.39 is 0 Å². The van der Waals surface area contributed by atoms with Crippen LogP contribution in [0, 0.1) is 0 Å². The zero-order valence-electron chi connectivity index (χ0n) is 9.27. The van der Waals surface area contributed by atoms with Gasteiger partial charge in [0.25, 0.3) is 5.91 Å². The quantitative estimate of drug-likeness (QED) is 0.796. The predicted octanol–water partition coefficient (Wildman–Crippen LogP) is 2.29. The van der Waals surface area contributed by atoms with Crippen LogP contribution in [0.4, 0.5) is 0 Å². The van der Waals surface area contributed by atoms with Crippen molar-refractivity contribution in [1.29, 1.82) is 0 Å². The van der Waals surface area contributed by atoms with E-state index in [1.54, 1.807) is 17.0 Å². The Hall–Kier alpha value is -0.810. The lowest BCUT2D eigenvalue weighted by Gasteiger charge is -2.36. The van der Waals surface area contributed by atoms with Gasteiger partial charge in [-0.2, -0.15) is 0 Å². The molecule has 2 atom stereocenters. The first kappa shape index (κ1) is 11.7. The number of halogens is 1. The zero-order chi connectivity index (χ0) is 11.7. The summed E-state index contributed by atoms with van der Waals surface area (Å²) in [4.78, 5) is 13.9. The Bertz CT molecular complexity index is 390. The maximum absolute atomic E-state index is 12.1. The van der Waals surface area contributed by atoms with Gasteiger partial charge in [0.05, 0.1) is 18.8 Å². The van der Waals surface area contributed by atoms with Gasteiger partial charge >= 0.3 is 0 Å². The SMILES string of the molecule is CC1CN(C(=O)c2ccc(Br)o2)C(C)CO1. The fourth-order valence-electron chi connectivity index (χ4n) is 1.76. The lowest BCUT2D eigenvalue weighted by atomic mass is 10.2. The van der Waals surface area contributed by atoms with Gasteiger partial charge in [0.1, 0.15) is 0 Å². The van der Waals surface area contributed by atoms with Gasteiger partial charge in [-0.05, 0) is 41.9 Å². The summed E-state index contributed by atoms with van der Waals surface area (Å²) in [7, 11) is 0. The number of ether oxygens (including phenoxy) is 1. The van der Waals surface area contributed by atoms with E-state index in [1.807, 2.05) is 13.8 Å². The minimum absolute atomic E-state index is 0.0756. The average molecular weight is 288 g/mol. The van der Waals surface area contributed by atoms with E-state index in [2.05, 4.69) is 15.9 Å². The van der Waals surface area contributed by atoms with E-state index in [0.29, 0.717) is 23.6 Å². The van der Waals surface area contributed by atoms with Crippen LogP contribution in [0.2, 0.25) is 0 Å². The summed E-state index contributed by atoms with van der Waals surface area (Å²) in [5.41, 5.74) is 0. The van der Waals surface area contributed by atoms with Crippen LogP contribution < -0.4 is 0 Å². The summed E-state index contributed by atoms with van der Waals surface area (Å²) in [5, 5.41) is 0. The van der Waals surface area contributed by atoms with E-state index >= 15 is 0 Å². The van der Waals surface area contributed by atoms with Crippen LogP contribution in [-0.2, 0) is 4.74 Å². The Morgan fingerprint density at radius 2 is 2.25 bits per heavy atom. The lowest BCUT2D eigenvalue weighted by Crippen LogP contribution is -2.50. The van der Waals surface area contributed by atoms with Crippen LogP contribution in [0.1, 0.15) is 24.4 Å². The van der Waals surface area contributed by atoms with Crippen molar-refractivity contribution in [2.75, 3.05) is 13.2 Å². The molecule has 0 aromatic carbocycles. The molecule has 2 unspecified atom stereocenters. The molecule has 1 amide bonds. The largest absolute Gasteiger partial charge is 0.444 e. The number of morpholine rings is 1. The summed E-state index contributed by atoms with van der Waals surface area (Å²) in [5.74, 6) is 0.293. The summed E-state index contributed by atoms with van der Waals surface area (Å²) >= 11 is 3.19. The third kappa shape index (κ3) is 2.30. The molecule has 1 aliphatic heterocycles. The van der Waals surface area contributed by atoms with Crippen LogP contribution in [0.3, 0.4) is 0 Å². The Kier molecular flexibility index (Phi) is 3.35. The second-order valence-corrected chi connectivity index (χ2v) is 4.84. The number of hydrogen-bond acceptors (Lipinski definition) is 3. The number of hydrogen-bond donors (Lipinski definition) is 0. The molecular weight excluding hydrogens is 274 g/mol. The van der Waals surface area contributed by atoms with Crippen LogP contribution in [0.5, 0.6) is 0 Å². The summed E-state index contributed by atoms with van der Waals surface area (Å²) < 4.78 is 11.3. The fraction of sp³-hybridized carbons (Fsp3) is 0.545. The number of rotatable bonds is 1. The first-order valence-corrected chi connectivity index (χ1v) is 6.05. The van der Waals surface area contributed by atoms with Gasteiger partial charge in [0, 0.05) is 6.54 Å². The maximum Gasteiger partial charge on any atom is 0.290 e. The van der Waals surface area contributed by atoms with Gasteiger partial charge < -0.3 is 14.1 Å².